The van der Waals surface area contributed by atoms with Crippen LogP contribution in [0.4, 0.5) is 5.69 Å². The molecule has 0 saturated heterocycles. The number of fused-ring (bicyclic) bond motifs is 1. The molecule has 5 nitrogen and oxygen atoms in total. The molecule has 136 valence electrons. The lowest BCUT2D eigenvalue weighted by Crippen LogP contribution is -2.41. The maximum Gasteiger partial charge on any atom is 0.264 e. The molecule has 0 saturated carbocycles. The van der Waals surface area contributed by atoms with Crippen LogP contribution in [-0.4, -0.2) is 21.8 Å². The molecule has 3 aromatic rings. The van der Waals surface area contributed by atoms with Gasteiger partial charge in [0.15, 0.2) is 11.4 Å². The maximum atomic E-state index is 13.2. The lowest BCUT2D eigenvalue weighted by atomic mass is 9.88. The molecular formula is C20H15ClN2O3S. The summed E-state index contributed by atoms with van der Waals surface area (Å²) in [7, 11) is 0. The van der Waals surface area contributed by atoms with E-state index in [4.69, 9.17) is 11.6 Å². The second-order valence-corrected chi connectivity index (χ2v) is 7.80. The fraction of sp³-hybridized carbons (Fsp3) is 0.150. The molecule has 7 heteroatoms. The molecule has 27 heavy (non-hydrogen) atoms. The van der Waals surface area contributed by atoms with Gasteiger partial charge in [-0.2, -0.15) is 0 Å². The van der Waals surface area contributed by atoms with Crippen LogP contribution in [0.1, 0.15) is 27.2 Å². The molecule has 0 fully saturated rings. The van der Waals surface area contributed by atoms with E-state index in [1.165, 1.54) is 22.4 Å². The number of rotatable bonds is 5. The van der Waals surface area contributed by atoms with Crippen molar-refractivity contribution in [2.45, 2.75) is 18.6 Å². The zero-order valence-electron chi connectivity index (χ0n) is 14.1. The molecule has 0 bridgehead atoms. The van der Waals surface area contributed by atoms with E-state index >= 15 is 0 Å². The normalized spacial score (nSPS) is 18.6. The first-order valence-electron chi connectivity index (χ1n) is 8.29. The zero-order chi connectivity index (χ0) is 19.0. The van der Waals surface area contributed by atoms with Gasteiger partial charge in [0.05, 0.1) is 18.7 Å². The molecule has 1 amide bonds. The van der Waals surface area contributed by atoms with Crippen molar-refractivity contribution in [3.63, 3.8) is 0 Å². The van der Waals surface area contributed by atoms with Gasteiger partial charge in [-0.3, -0.25) is 14.6 Å². The van der Waals surface area contributed by atoms with Crippen molar-refractivity contribution < 1.29 is 14.7 Å². The highest BCUT2D eigenvalue weighted by molar-refractivity contribution is 7.09. The zero-order valence-corrected chi connectivity index (χ0v) is 15.7. The molecule has 0 spiro atoms. The summed E-state index contributed by atoms with van der Waals surface area (Å²) in [6.45, 7) is 0.328. The van der Waals surface area contributed by atoms with E-state index in [0.717, 1.165) is 4.88 Å². The molecule has 1 atom stereocenters. The van der Waals surface area contributed by atoms with Crippen molar-refractivity contribution in [1.82, 2.24) is 4.98 Å². The molecule has 1 aromatic carbocycles. The minimum absolute atomic E-state index is 0.328. The van der Waals surface area contributed by atoms with Crippen LogP contribution in [0.15, 0.2) is 60.2 Å². The number of aromatic nitrogens is 1. The van der Waals surface area contributed by atoms with Crippen LogP contribution in [0.3, 0.4) is 0 Å². The predicted molar refractivity (Wildman–Crippen MR) is 104 cm³/mol. The van der Waals surface area contributed by atoms with Crippen molar-refractivity contribution in [3.05, 3.63) is 81.3 Å². The van der Waals surface area contributed by atoms with Gasteiger partial charge in [0.25, 0.3) is 5.91 Å². The number of hydrogen-bond donors (Lipinski definition) is 1. The fourth-order valence-electron chi connectivity index (χ4n) is 3.27. The van der Waals surface area contributed by atoms with Gasteiger partial charge in [-0.25, -0.2) is 0 Å². The molecule has 1 N–H and O–H groups in total. The summed E-state index contributed by atoms with van der Waals surface area (Å²) in [4.78, 5) is 32.2. The number of halogens is 1. The second-order valence-electron chi connectivity index (χ2n) is 6.33. The van der Waals surface area contributed by atoms with Crippen molar-refractivity contribution >= 4 is 40.3 Å². The minimum Gasteiger partial charge on any atom is -0.375 e. The number of hydrogen-bond acceptors (Lipinski definition) is 5. The summed E-state index contributed by atoms with van der Waals surface area (Å²) in [5, 5.41) is 13.6. The molecule has 4 rings (SSSR count). The Morgan fingerprint density at radius 3 is 2.81 bits per heavy atom. The highest BCUT2D eigenvalue weighted by Gasteiger charge is 2.51. The van der Waals surface area contributed by atoms with Crippen LogP contribution in [-0.2, 0) is 16.9 Å². The summed E-state index contributed by atoms with van der Waals surface area (Å²) < 4.78 is 0. The summed E-state index contributed by atoms with van der Waals surface area (Å²) >= 11 is 7.63. The first kappa shape index (κ1) is 17.9. The number of carbonyl (C=O) groups is 2. The van der Waals surface area contributed by atoms with Crippen molar-refractivity contribution in [3.8, 4) is 0 Å². The first-order chi connectivity index (χ1) is 13.0. The highest BCUT2D eigenvalue weighted by atomic mass is 35.5. The SMILES string of the molecule is O=C(CC1(O)C(=O)N(Cc2cccs2)c2ccc(Cl)cc21)c1cccnc1. The Kier molecular flexibility index (Phi) is 4.55. The van der Waals surface area contributed by atoms with Gasteiger partial charge in [0.2, 0.25) is 0 Å². The molecule has 0 aliphatic carbocycles. The number of benzene rings is 1. The summed E-state index contributed by atoms with van der Waals surface area (Å²) in [5.41, 5.74) is -0.683. The van der Waals surface area contributed by atoms with E-state index in [9.17, 15) is 14.7 Å². The van der Waals surface area contributed by atoms with Gasteiger partial charge in [0.1, 0.15) is 0 Å². The summed E-state index contributed by atoms with van der Waals surface area (Å²) in [5.74, 6) is -0.881. The van der Waals surface area contributed by atoms with Crippen LogP contribution >= 0.6 is 22.9 Å². The van der Waals surface area contributed by atoms with E-state index in [0.29, 0.717) is 28.4 Å². The predicted octanol–water partition coefficient (Wildman–Crippen LogP) is 3.80. The lowest BCUT2D eigenvalue weighted by molar-refractivity contribution is -0.136. The third-order valence-corrected chi connectivity index (χ3v) is 5.68. The van der Waals surface area contributed by atoms with Gasteiger partial charge in [0, 0.05) is 33.4 Å². The minimum atomic E-state index is -1.95. The number of nitrogens with zero attached hydrogens (tertiary/aromatic N) is 2. The summed E-state index contributed by atoms with van der Waals surface area (Å²) in [6, 6.07) is 12.0. The Balaban J connectivity index is 1.73. The van der Waals surface area contributed by atoms with Gasteiger partial charge < -0.3 is 10.0 Å². The largest absolute Gasteiger partial charge is 0.375 e. The third kappa shape index (κ3) is 3.16. The second kappa shape index (κ2) is 6.88. The Labute approximate surface area is 164 Å². The summed E-state index contributed by atoms with van der Waals surface area (Å²) in [6.07, 6.45) is 2.61. The Morgan fingerprint density at radius 2 is 2.11 bits per heavy atom. The number of anilines is 1. The van der Waals surface area contributed by atoms with Gasteiger partial charge in [-0.1, -0.05) is 17.7 Å². The van der Waals surface area contributed by atoms with Crippen LogP contribution in [0.25, 0.3) is 0 Å². The lowest BCUT2D eigenvalue weighted by Gasteiger charge is -2.22. The standard InChI is InChI=1S/C20H15ClN2O3S/c21-14-5-6-17-16(9-14)20(26,10-18(24)13-3-1-7-22-11-13)19(25)23(17)12-15-4-2-8-27-15/h1-9,11,26H,10,12H2. The number of carbonyl (C=O) groups excluding carboxylic acids is 2. The van der Waals surface area contributed by atoms with E-state index in [-0.39, 0.29) is 12.2 Å². The smallest absolute Gasteiger partial charge is 0.264 e. The van der Waals surface area contributed by atoms with Crippen LogP contribution in [0.2, 0.25) is 5.02 Å². The highest BCUT2D eigenvalue weighted by Crippen LogP contribution is 2.44. The van der Waals surface area contributed by atoms with Gasteiger partial charge in [-0.05, 0) is 41.8 Å². The average molecular weight is 399 g/mol. The molecule has 1 unspecified atom stereocenters. The molecule has 3 heterocycles. The quantitative estimate of drug-likeness (QED) is 0.663. The number of pyridine rings is 1. The third-order valence-electron chi connectivity index (χ3n) is 4.59. The van der Waals surface area contributed by atoms with E-state index in [1.807, 2.05) is 17.5 Å². The number of amides is 1. The monoisotopic (exact) mass is 398 g/mol. The Hall–Kier alpha value is -2.54. The van der Waals surface area contributed by atoms with Gasteiger partial charge in [-0.15, -0.1) is 11.3 Å². The number of Topliss-reactive ketones (excluding diaryl/α,β-unsaturated/α-hetero) is 1. The van der Waals surface area contributed by atoms with Crippen LogP contribution < -0.4 is 4.90 Å². The number of ketones is 1. The average Bonchev–Trinajstić information content (AvgIpc) is 3.25. The topological polar surface area (TPSA) is 70.5 Å². The molecular weight excluding hydrogens is 384 g/mol. The van der Waals surface area contributed by atoms with Crippen molar-refractivity contribution in [2.75, 3.05) is 4.90 Å². The molecule has 2 aromatic heterocycles. The Morgan fingerprint density at radius 1 is 1.26 bits per heavy atom. The molecule has 1 aliphatic rings. The maximum absolute atomic E-state index is 13.2. The fourth-order valence-corrected chi connectivity index (χ4v) is 4.14. The van der Waals surface area contributed by atoms with E-state index in [2.05, 4.69) is 4.98 Å². The number of thiophene rings is 1. The van der Waals surface area contributed by atoms with Crippen LogP contribution in [0, 0.1) is 0 Å². The van der Waals surface area contributed by atoms with Gasteiger partial charge >= 0.3 is 0 Å². The molecule has 0 radical (unpaired) electrons. The first-order valence-corrected chi connectivity index (χ1v) is 9.55. The van der Waals surface area contributed by atoms with Crippen molar-refractivity contribution in [1.29, 1.82) is 0 Å². The van der Waals surface area contributed by atoms with Crippen molar-refractivity contribution in [2.24, 2.45) is 0 Å². The Bertz CT molecular complexity index is 1010. The number of aliphatic hydroxyl groups is 1. The van der Waals surface area contributed by atoms with Crippen LogP contribution in [0.5, 0.6) is 0 Å². The van der Waals surface area contributed by atoms with E-state index < -0.39 is 11.5 Å². The van der Waals surface area contributed by atoms with E-state index in [1.54, 1.807) is 36.5 Å². The molecule has 1 aliphatic heterocycles.